The molecule has 0 radical (unpaired) electrons. The van der Waals surface area contributed by atoms with E-state index in [4.69, 9.17) is 6.42 Å². The van der Waals surface area contributed by atoms with Crippen molar-refractivity contribution < 1.29 is 0 Å². The Balaban J connectivity index is 2.75. The van der Waals surface area contributed by atoms with Gasteiger partial charge in [-0.25, -0.2) is 0 Å². The summed E-state index contributed by atoms with van der Waals surface area (Å²) in [5, 5.41) is 0. The molecule has 0 rings (SSSR count). The third-order valence-electron chi connectivity index (χ3n) is 0.246. The van der Waals surface area contributed by atoms with Gasteiger partial charge in [-0.1, -0.05) is 0 Å². The molecule has 0 saturated carbocycles. The van der Waals surface area contributed by atoms with E-state index in [1.807, 2.05) is 0 Å². The van der Waals surface area contributed by atoms with Gasteiger partial charge in [-0.3, -0.25) is 0 Å². The maximum absolute atomic E-state index is 6.28. The van der Waals surface area contributed by atoms with Crippen molar-refractivity contribution in [2.24, 2.45) is 0 Å². The standard InChI is InChI=1S/C5H5/c1-3-5-4-2/h3H,1,5H2/q+1. The normalized spacial score (nSPS) is 6.00. The van der Waals surface area contributed by atoms with E-state index in [-0.39, 0.29) is 0 Å². The third-order valence-corrected chi connectivity index (χ3v) is 0.246. The molecule has 0 aromatic carbocycles. The van der Waals surface area contributed by atoms with Crippen LogP contribution in [0.2, 0.25) is 0 Å². The molecule has 0 aromatic rings. The fourth-order valence-electron chi connectivity index (χ4n) is 0.0722. The summed E-state index contributed by atoms with van der Waals surface area (Å²) in [6, 6.07) is 0. The van der Waals surface area contributed by atoms with Crippen molar-refractivity contribution in [3.63, 3.8) is 0 Å². The van der Waals surface area contributed by atoms with Gasteiger partial charge in [0.15, 0.2) is 0 Å². The molecule has 0 unspecified atom stereocenters. The Bertz CT molecular complexity index is 54.9. The van der Waals surface area contributed by atoms with Gasteiger partial charge in [0.05, 0.1) is 0 Å². The molecule has 0 spiro atoms. The molecule has 0 N–H and O–H groups in total. The summed E-state index contributed by atoms with van der Waals surface area (Å²) in [6.45, 7) is 3.37. The van der Waals surface area contributed by atoms with Crippen LogP contribution in [-0.2, 0) is 0 Å². The topological polar surface area (TPSA) is 0 Å². The molecule has 0 aliphatic carbocycles. The van der Waals surface area contributed by atoms with E-state index < -0.39 is 0 Å². The zero-order valence-corrected chi connectivity index (χ0v) is 2.99. The molecule has 0 aliphatic rings. The Labute approximate surface area is 32.5 Å². The Hall–Kier alpha value is -0.480. The predicted molar refractivity (Wildman–Crippen MR) is 21.9 cm³/mol. The van der Waals surface area contributed by atoms with Gasteiger partial charge in [0.25, 0.3) is 0 Å². The first-order chi connectivity index (χ1) is 2.41. The first-order valence-electron chi connectivity index (χ1n) is 1.42. The van der Waals surface area contributed by atoms with Gasteiger partial charge >= 0.3 is 31.4 Å². The number of hydrogen-bond donors (Lipinski definition) is 0. The van der Waals surface area contributed by atoms with Crippen LogP contribution < -0.4 is 0 Å². The first kappa shape index (κ1) is 4.52. The van der Waals surface area contributed by atoms with Crippen molar-refractivity contribution in [2.45, 2.75) is 6.42 Å². The fourth-order valence-corrected chi connectivity index (χ4v) is 0.0722. The van der Waals surface area contributed by atoms with Crippen molar-refractivity contribution in [3.05, 3.63) is 19.1 Å². The van der Waals surface area contributed by atoms with Crippen molar-refractivity contribution >= 4 is 0 Å². The zero-order chi connectivity index (χ0) is 4.12. The summed E-state index contributed by atoms with van der Waals surface area (Å²) in [5.74, 6) is 2.15. The van der Waals surface area contributed by atoms with Crippen LogP contribution >= 0.6 is 0 Å². The van der Waals surface area contributed by atoms with Gasteiger partial charge in [0, 0.05) is 0 Å². The van der Waals surface area contributed by atoms with Gasteiger partial charge in [-0.2, -0.15) is 0 Å². The van der Waals surface area contributed by atoms with Gasteiger partial charge < -0.3 is 0 Å². The minimum atomic E-state index is 0.569. The summed E-state index contributed by atoms with van der Waals surface area (Å²) in [6.07, 6.45) is 8.48. The molecular weight excluding hydrogens is 60.1 g/mol. The summed E-state index contributed by atoms with van der Waals surface area (Å²) in [7, 11) is 0. The molecule has 0 bridgehead atoms. The molecule has 0 amide bonds. The summed E-state index contributed by atoms with van der Waals surface area (Å²) >= 11 is 0. The first-order valence-corrected chi connectivity index (χ1v) is 1.42. The summed E-state index contributed by atoms with van der Waals surface area (Å²) in [5.41, 5.74) is 0. The second-order valence-corrected chi connectivity index (χ2v) is 0.670. The minimum absolute atomic E-state index is 0.569. The summed E-state index contributed by atoms with van der Waals surface area (Å²) in [4.78, 5) is 0. The molecule has 0 aliphatic heterocycles. The molecule has 0 atom stereocenters. The van der Waals surface area contributed by atoms with Crippen LogP contribution in [0.3, 0.4) is 0 Å². The average Bonchev–Trinajstić information content (AvgIpc) is 1.41. The van der Waals surface area contributed by atoms with Crippen LogP contribution in [0.25, 0.3) is 0 Å². The van der Waals surface area contributed by atoms with Gasteiger partial charge in [0.1, 0.15) is 0 Å². The molecule has 0 aromatic heterocycles. The Morgan fingerprint density at radius 2 is 2.60 bits per heavy atom. The van der Waals surface area contributed by atoms with Crippen LogP contribution in [0.1, 0.15) is 6.42 Å². The molecule has 24 valence electrons. The van der Waals surface area contributed by atoms with Gasteiger partial charge in [-0.15, -0.1) is 0 Å². The molecule has 0 heterocycles. The van der Waals surface area contributed by atoms with E-state index in [2.05, 4.69) is 12.5 Å². The van der Waals surface area contributed by atoms with Crippen LogP contribution in [0.15, 0.2) is 12.7 Å². The van der Waals surface area contributed by atoms with Gasteiger partial charge in [-0.05, 0) is 0 Å². The van der Waals surface area contributed by atoms with Crippen LogP contribution in [0, 0.1) is 12.3 Å². The van der Waals surface area contributed by atoms with Gasteiger partial charge in [0.2, 0.25) is 0 Å². The van der Waals surface area contributed by atoms with Crippen LogP contribution in [0.5, 0.6) is 0 Å². The van der Waals surface area contributed by atoms with Crippen molar-refractivity contribution in [3.8, 4) is 5.92 Å². The number of hydrogen-bond acceptors (Lipinski definition) is 0. The molecular formula is C5H5+. The molecule has 0 fully saturated rings. The average molecular weight is 65.1 g/mol. The van der Waals surface area contributed by atoms with E-state index >= 15 is 0 Å². The van der Waals surface area contributed by atoms with E-state index in [9.17, 15) is 0 Å². The maximum atomic E-state index is 6.28. The Kier molecular flexibility index (Phi) is 3.18. The molecule has 0 heteroatoms. The van der Waals surface area contributed by atoms with E-state index in [0.717, 1.165) is 0 Å². The Morgan fingerprint density at radius 1 is 2.00 bits per heavy atom. The fraction of sp³-hybridized carbons (Fsp3) is 0.200. The van der Waals surface area contributed by atoms with Crippen molar-refractivity contribution in [1.29, 1.82) is 0 Å². The summed E-state index contributed by atoms with van der Waals surface area (Å²) < 4.78 is 0. The zero-order valence-electron chi connectivity index (χ0n) is 2.99. The Morgan fingerprint density at radius 3 is 2.60 bits per heavy atom. The van der Waals surface area contributed by atoms with Crippen LogP contribution in [0.4, 0.5) is 0 Å². The predicted octanol–water partition coefficient (Wildman–Crippen LogP) is 1.15. The van der Waals surface area contributed by atoms with Crippen LogP contribution in [-0.4, -0.2) is 0 Å². The van der Waals surface area contributed by atoms with E-state index in [1.165, 1.54) is 0 Å². The monoisotopic (exact) mass is 65.0 g/mol. The molecule has 0 saturated heterocycles. The third kappa shape index (κ3) is 3.52. The SMILES string of the molecule is [C+]#CCC=C. The van der Waals surface area contributed by atoms with Crippen molar-refractivity contribution in [2.75, 3.05) is 0 Å². The quantitative estimate of drug-likeness (QED) is 0.244. The number of allylic oxidation sites excluding steroid dienone is 1. The second-order valence-electron chi connectivity index (χ2n) is 0.670. The van der Waals surface area contributed by atoms with E-state index in [1.54, 1.807) is 6.08 Å². The molecule has 0 nitrogen and oxygen atoms in total. The molecule has 5 heavy (non-hydrogen) atoms. The van der Waals surface area contributed by atoms with Crippen molar-refractivity contribution in [1.82, 2.24) is 0 Å². The second kappa shape index (κ2) is 3.52. The number of rotatable bonds is 1. The van der Waals surface area contributed by atoms with E-state index in [0.29, 0.717) is 6.42 Å².